The minimum absolute atomic E-state index is 0.0576. The predicted octanol–water partition coefficient (Wildman–Crippen LogP) is -0.797. The third-order valence-corrected chi connectivity index (χ3v) is 4.73. The number of carbonyl (C=O) groups is 1. The van der Waals surface area contributed by atoms with Crippen molar-refractivity contribution in [2.75, 3.05) is 19.7 Å². The van der Waals surface area contributed by atoms with Crippen LogP contribution in [-0.4, -0.2) is 59.2 Å². The maximum absolute atomic E-state index is 12.3. The van der Waals surface area contributed by atoms with E-state index in [4.69, 9.17) is 9.84 Å². The van der Waals surface area contributed by atoms with Crippen molar-refractivity contribution >= 4 is 16.0 Å². The van der Waals surface area contributed by atoms with Crippen molar-refractivity contribution in [1.82, 2.24) is 13.9 Å². The van der Waals surface area contributed by atoms with Gasteiger partial charge in [0.2, 0.25) is 0 Å². The average molecular weight is 289 g/mol. The van der Waals surface area contributed by atoms with E-state index < -0.39 is 22.1 Å². The molecule has 19 heavy (non-hydrogen) atoms. The van der Waals surface area contributed by atoms with Gasteiger partial charge in [0.1, 0.15) is 5.82 Å². The number of imidazole rings is 1. The maximum Gasteiger partial charge on any atom is 0.334 e. The maximum atomic E-state index is 12.3. The fourth-order valence-electron chi connectivity index (χ4n) is 1.78. The summed E-state index contributed by atoms with van der Waals surface area (Å²) in [6.45, 7) is 1.68. The quantitative estimate of drug-likeness (QED) is 0.782. The normalized spacial score (nSPS) is 21.5. The topological polar surface area (TPSA) is 102 Å². The molecule has 1 aromatic rings. The Kier molecular flexibility index (Phi) is 3.61. The van der Waals surface area contributed by atoms with E-state index in [9.17, 15) is 13.2 Å². The fourth-order valence-corrected chi connectivity index (χ4v) is 3.23. The summed E-state index contributed by atoms with van der Waals surface area (Å²) in [6.07, 6.45) is 0.281. The number of aliphatic carboxylic acids is 1. The number of carboxylic acids is 1. The molecule has 1 atom stereocenters. The van der Waals surface area contributed by atoms with Crippen molar-refractivity contribution in [3.05, 3.63) is 12.0 Å². The van der Waals surface area contributed by atoms with E-state index in [-0.39, 0.29) is 24.7 Å². The van der Waals surface area contributed by atoms with Crippen LogP contribution in [-0.2, 0) is 26.6 Å². The van der Waals surface area contributed by atoms with Gasteiger partial charge in [0, 0.05) is 19.8 Å². The number of ether oxygens (including phenoxy) is 1. The lowest BCUT2D eigenvalue weighted by molar-refractivity contribution is -0.153. The van der Waals surface area contributed by atoms with Crippen molar-refractivity contribution in [2.24, 2.45) is 7.05 Å². The van der Waals surface area contributed by atoms with Gasteiger partial charge in [-0.3, -0.25) is 0 Å². The average Bonchev–Trinajstić information content (AvgIpc) is 2.70. The summed E-state index contributed by atoms with van der Waals surface area (Å²) in [5.41, 5.74) is 0. The molecule has 1 aliphatic heterocycles. The molecule has 0 aliphatic carbocycles. The second-order valence-corrected chi connectivity index (χ2v) is 6.18. The molecule has 0 aromatic carbocycles. The molecule has 0 saturated carbocycles. The zero-order valence-electron chi connectivity index (χ0n) is 10.6. The van der Waals surface area contributed by atoms with E-state index >= 15 is 0 Å². The van der Waals surface area contributed by atoms with Crippen LogP contribution in [0, 0.1) is 6.92 Å². The molecule has 9 heteroatoms. The van der Waals surface area contributed by atoms with E-state index in [0.29, 0.717) is 5.82 Å². The van der Waals surface area contributed by atoms with Crippen LogP contribution in [0.4, 0.5) is 0 Å². The number of carboxylic acid groups (broad SMARTS) is 1. The van der Waals surface area contributed by atoms with E-state index in [1.807, 2.05) is 0 Å². The van der Waals surface area contributed by atoms with Crippen LogP contribution < -0.4 is 0 Å². The molecule has 0 bridgehead atoms. The molecule has 106 valence electrons. The predicted molar refractivity (Wildman–Crippen MR) is 64.1 cm³/mol. The second-order valence-electron chi connectivity index (χ2n) is 4.30. The first-order valence-electron chi connectivity index (χ1n) is 5.67. The van der Waals surface area contributed by atoms with Crippen molar-refractivity contribution < 1.29 is 23.1 Å². The monoisotopic (exact) mass is 289 g/mol. The van der Waals surface area contributed by atoms with E-state index in [1.165, 1.54) is 6.20 Å². The first-order chi connectivity index (χ1) is 8.82. The molecule has 0 spiro atoms. The Labute approximate surface area is 110 Å². The molecular weight excluding hydrogens is 274 g/mol. The van der Waals surface area contributed by atoms with Gasteiger partial charge in [0.15, 0.2) is 11.1 Å². The van der Waals surface area contributed by atoms with Crippen LogP contribution >= 0.6 is 0 Å². The number of rotatable bonds is 3. The van der Waals surface area contributed by atoms with Crippen LogP contribution in [0.25, 0.3) is 0 Å². The van der Waals surface area contributed by atoms with Gasteiger partial charge in [0.05, 0.1) is 13.2 Å². The Morgan fingerprint density at radius 2 is 2.26 bits per heavy atom. The van der Waals surface area contributed by atoms with Crippen LogP contribution in [0.1, 0.15) is 5.82 Å². The Bertz CT molecular complexity index is 575. The first kappa shape index (κ1) is 14.0. The molecule has 1 N–H and O–H groups in total. The summed E-state index contributed by atoms with van der Waals surface area (Å²) < 4.78 is 32.3. The smallest absolute Gasteiger partial charge is 0.334 e. The van der Waals surface area contributed by atoms with Gasteiger partial charge in [-0.25, -0.2) is 18.2 Å². The van der Waals surface area contributed by atoms with Crippen molar-refractivity contribution in [2.45, 2.75) is 18.1 Å². The number of sulfonamides is 1. The lowest BCUT2D eigenvalue weighted by Crippen LogP contribution is -2.48. The molecule has 1 aromatic heterocycles. The third-order valence-electron chi connectivity index (χ3n) is 3.00. The number of aryl methyl sites for hydroxylation is 2. The fraction of sp³-hybridized carbons (Fsp3) is 0.600. The highest BCUT2D eigenvalue weighted by atomic mass is 32.2. The van der Waals surface area contributed by atoms with Crippen molar-refractivity contribution in [3.8, 4) is 0 Å². The number of aromatic nitrogens is 2. The molecule has 1 unspecified atom stereocenters. The molecule has 2 rings (SSSR count). The standard InChI is InChI=1S/C10H15N3O5S/c1-7-11-9(6-12(7)2)19(16,17)13-3-4-18-8(5-13)10(14)15/h6,8H,3-5H2,1-2H3,(H,14,15). The van der Waals surface area contributed by atoms with Crippen LogP contribution in [0.2, 0.25) is 0 Å². The van der Waals surface area contributed by atoms with Gasteiger partial charge in [-0.1, -0.05) is 0 Å². The van der Waals surface area contributed by atoms with E-state index in [2.05, 4.69) is 4.98 Å². The van der Waals surface area contributed by atoms with Crippen molar-refractivity contribution in [1.29, 1.82) is 0 Å². The molecule has 2 heterocycles. The SMILES string of the molecule is Cc1nc(S(=O)(=O)N2CCOC(C(=O)O)C2)cn1C. The molecule has 0 radical (unpaired) electrons. The van der Waals surface area contributed by atoms with Gasteiger partial charge in [-0.15, -0.1) is 0 Å². The highest BCUT2D eigenvalue weighted by Crippen LogP contribution is 2.18. The molecule has 1 saturated heterocycles. The summed E-state index contributed by atoms with van der Waals surface area (Å²) in [6, 6.07) is 0. The lowest BCUT2D eigenvalue weighted by Gasteiger charge is -2.29. The molecule has 8 nitrogen and oxygen atoms in total. The summed E-state index contributed by atoms with van der Waals surface area (Å²) in [4.78, 5) is 14.8. The summed E-state index contributed by atoms with van der Waals surface area (Å²) in [5.74, 6) is -0.598. The first-order valence-corrected chi connectivity index (χ1v) is 7.11. The number of hydrogen-bond donors (Lipinski definition) is 1. The summed E-state index contributed by atoms with van der Waals surface area (Å²) in [5, 5.41) is 8.80. The highest BCUT2D eigenvalue weighted by Gasteiger charge is 2.35. The van der Waals surface area contributed by atoms with Gasteiger partial charge < -0.3 is 14.4 Å². The van der Waals surface area contributed by atoms with Gasteiger partial charge in [-0.05, 0) is 6.92 Å². The minimum Gasteiger partial charge on any atom is -0.479 e. The molecule has 1 aliphatic rings. The van der Waals surface area contributed by atoms with Gasteiger partial charge >= 0.3 is 5.97 Å². The van der Waals surface area contributed by atoms with Crippen LogP contribution in [0.5, 0.6) is 0 Å². The lowest BCUT2D eigenvalue weighted by atomic mass is 10.3. The van der Waals surface area contributed by atoms with E-state index in [0.717, 1.165) is 4.31 Å². The second kappa shape index (κ2) is 4.91. The molecule has 0 amide bonds. The van der Waals surface area contributed by atoms with Gasteiger partial charge in [0.25, 0.3) is 10.0 Å². The Hall–Kier alpha value is -1.45. The van der Waals surface area contributed by atoms with Crippen LogP contribution in [0.3, 0.4) is 0 Å². The largest absolute Gasteiger partial charge is 0.479 e. The van der Waals surface area contributed by atoms with Gasteiger partial charge in [-0.2, -0.15) is 4.31 Å². The highest BCUT2D eigenvalue weighted by molar-refractivity contribution is 7.89. The van der Waals surface area contributed by atoms with Crippen molar-refractivity contribution in [3.63, 3.8) is 0 Å². The number of hydrogen-bond acceptors (Lipinski definition) is 5. The zero-order valence-corrected chi connectivity index (χ0v) is 11.4. The van der Waals surface area contributed by atoms with E-state index in [1.54, 1.807) is 18.5 Å². The minimum atomic E-state index is -3.77. The molecule has 1 fully saturated rings. The number of morpholine rings is 1. The Morgan fingerprint density at radius 1 is 1.58 bits per heavy atom. The third kappa shape index (κ3) is 2.62. The zero-order chi connectivity index (χ0) is 14.2. The van der Waals surface area contributed by atoms with Crippen LogP contribution in [0.15, 0.2) is 11.2 Å². The number of nitrogens with zero attached hydrogens (tertiary/aromatic N) is 3. The Morgan fingerprint density at radius 3 is 2.79 bits per heavy atom. The Balaban J connectivity index is 2.26. The summed E-state index contributed by atoms with van der Waals surface area (Å²) in [7, 11) is -2.08. The molecular formula is C10H15N3O5S. The summed E-state index contributed by atoms with van der Waals surface area (Å²) >= 11 is 0.